The average Bonchev–Trinajstić information content (AvgIpc) is 2.88. The summed E-state index contributed by atoms with van der Waals surface area (Å²) in [6, 6.07) is 5.31. The van der Waals surface area contributed by atoms with E-state index < -0.39 is 6.10 Å². The van der Waals surface area contributed by atoms with Crippen LogP contribution >= 0.6 is 0 Å². The van der Waals surface area contributed by atoms with Gasteiger partial charge in [0.1, 0.15) is 0 Å². The monoisotopic (exact) mass is 318 g/mol. The predicted molar refractivity (Wildman–Crippen MR) is 87.7 cm³/mol. The number of hydrogen-bond acceptors (Lipinski definition) is 5. The second-order valence-electron chi connectivity index (χ2n) is 6.15. The number of hydrogen-bond donors (Lipinski definition) is 4. The van der Waals surface area contributed by atoms with E-state index >= 15 is 0 Å². The van der Waals surface area contributed by atoms with Crippen LogP contribution in [-0.2, 0) is 4.79 Å². The van der Waals surface area contributed by atoms with Crippen LogP contribution in [0.3, 0.4) is 0 Å². The minimum Gasteiger partial charge on any atom is -0.391 e. The molecule has 124 valence electrons. The van der Waals surface area contributed by atoms with Gasteiger partial charge in [0, 0.05) is 51.1 Å². The number of nitrogens with zero attached hydrogens (tertiary/aromatic N) is 1. The number of β-amino-alcohol motifs (C(OH)–C–C–N with tert-alkyl or cyclic N) is 1. The molecule has 0 saturated carbocycles. The highest BCUT2D eigenvalue weighted by Gasteiger charge is 2.25. The van der Waals surface area contributed by atoms with Crippen molar-refractivity contribution in [2.45, 2.75) is 12.5 Å². The van der Waals surface area contributed by atoms with Gasteiger partial charge >= 0.3 is 0 Å². The quantitative estimate of drug-likeness (QED) is 0.618. The van der Waals surface area contributed by atoms with Gasteiger partial charge in [-0.05, 0) is 18.2 Å². The number of aliphatic hydroxyl groups excluding tert-OH is 1. The summed E-state index contributed by atoms with van der Waals surface area (Å²) in [5.41, 5.74) is 2.06. The van der Waals surface area contributed by atoms with E-state index in [-0.39, 0.29) is 17.7 Å². The maximum absolute atomic E-state index is 12.3. The first-order valence-electron chi connectivity index (χ1n) is 7.86. The van der Waals surface area contributed by atoms with Crippen molar-refractivity contribution in [3.63, 3.8) is 0 Å². The molecule has 3 rings (SSSR count). The molecule has 0 radical (unpaired) electrons. The van der Waals surface area contributed by atoms with Gasteiger partial charge in [0.05, 0.1) is 17.5 Å². The molecule has 0 spiro atoms. The zero-order chi connectivity index (χ0) is 16.4. The lowest BCUT2D eigenvalue weighted by Crippen LogP contribution is -2.34. The Labute approximate surface area is 135 Å². The van der Waals surface area contributed by atoms with Gasteiger partial charge in [-0.25, -0.2) is 0 Å². The molecule has 2 heterocycles. The lowest BCUT2D eigenvalue weighted by Gasteiger charge is -2.19. The lowest BCUT2D eigenvalue weighted by molar-refractivity contribution is -0.115. The van der Waals surface area contributed by atoms with E-state index in [4.69, 9.17) is 0 Å². The van der Waals surface area contributed by atoms with Crippen molar-refractivity contribution in [2.75, 3.05) is 43.4 Å². The van der Waals surface area contributed by atoms with Gasteiger partial charge in [0.25, 0.3) is 5.91 Å². The third-order valence-corrected chi connectivity index (χ3v) is 4.45. The van der Waals surface area contributed by atoms with Crippen molar-refractivity contribution in [1.82, 2.24) is 10.6 Å². The summed E-state index contributed by atoms with van der Waals surface area (Å²) in [5, 5.41) is 18.5. The van der Waals surface area contributed by atoms with Gasteiger partial charge in [-0.1, -0.05) is 0 Å². The Morgan fingerprint density at radius 2 is 2.26 bits per heavy atom. The van der Waals surface area contributed by atoms with Crippen molar-refractivity contribution in [1.29, 1.82) is 0 Å². The van der Waals surface area contributed by atoms with Gasteiger partial charge in [-0.2, -0.15) is 0 Å². The summed E-state index contributed by atoms with van der Waals surface area (Å²) in [7, 11) is 1.92. The van der Waals surface area contributed by atoms with Gasteiger partial charge < -0.3 is 26.0 Å². The van der Waals surface area contributed by atoms with E-state index in [0.717, 1.165) is 5.69 Å². The highest BCUT2D eigenvalue weighted by molar-refractivity contribution is 6.00. The molecule has 1 fully saturated rings. The molecule has 0 bridgehead atoms. The summed E-state index contributed by atoms with van der Waals surface area (Å²) in [6.07, 6.45) is 0.00881. The molecule has 2 aliphatic rings. The summed E-state index contributed by atoms with van der Waals surface area (Å²) >= 11 is 0. The molecule has 2 atom stereocenters. The van der Waals surface area contributed by atoms with Crippen LogP contribution in [0.15, 0.2) is 18.2 Å². The third kappa shape index (κ3) is 3.46. The smallest absolute Gasteiger partial charge is 0.251 e. The van der Waals surface area contributed by atoms with Crippen molar-refractivity contribution in [2.24, 2.45) is 5.92 Å². The van der Waals surface area contributed by atoms with E-state index in [1.54, 1.807) is 12.1 Å². The van der Waals surface area contributed by atoms with Gasteiger partial charge in [0.15, 0.2) is 0 Å². The molecule has 7 heteroatoms. The topological polar surface area (TPSA) is 93.7 Å². The third-order valence-electron chi connectivity index (χ3n) is 4.45. The van der Waals surface area contributed by atoms with Crippen LogP contribution < -0.4 is 20.9 Å². The summed E-state index contributed by atoms with van der Waals surface area (Å²) in [6.45, 7) is 2.34. The number of carbonyl (C=O) groups excluding carboxylic acids is 2. The zero-order valence-corrected chi connectivity index (χ0v) is 13.1. The highest BCUT2D eigenvalue weighted by atomic mass is 16.3. The molecule has 0 aromatic heterocycles. The van der Waals surface area contributed by atoms with Crippen molar-refractivity contribution < 1.29 is 14.7 Å². The second-order valence-corrected chi connectivity index (χ2v) is 6.15. The Hall–Kier alpha value is -2.12. The number of aliphatic hydroxyl groups is 1. The fraction of sp³-hybridized carbons (Fsp3) is 0.500. The van der Waals surface area contributed by atoms with Crippen molar-refractivity contribution in [3.8, 4) is 0 Å². The fourth-order valence-corrected chi connectivity index (χ4v) is 2.97. The van der Waals surface area contributed by atoms with E-state index in [1.165, 1.54) is 0 Å². The highest BCUT2D eigenvalue weighted by Crippen LogP contribution is 2.28. The molecule has 23 heavy (non-hydrogen) atoms. The molecule has 4 N–H and O–H groups in total. The van der Waals surface area contributed by atoms with Crippen LogP contribution in [0.4, 0.5) is 11.4 Å². The minimum atomic E-state index is -0.421. The van der Waals surface area contributed by atoms with Gasteiger partial charge in [-0.3, -0.25) is 9.59 Å². The van der Waals surface area contributed by atoms with Crippen LogP contribution in [0.5, 0.6) is 0 Å². The first kappa shape index (κ1) is 15.8. The predicted octanol–water partition coefficient (Wildman–Crippen LogP) is -0.225. The number of benzene rings is 1. The Morgan fingerprint density at radius 1 is 1.43 bits per heavy atom. The van der Waals surface area contributed by atoms with Crippen LogP contribution in [0.2, 0.25) is 0 Å². The number of fused-ring (bicyclic) bond motifs is 1. The molecule has 1 aromatic carbocycles. The molecule has 2 aliphatic heterocycles. The number of amides is 2. The van der Waals surface area contributed by atoms with Crippen LogP contribution in [0, 0.1) is 5.92 Å². The second kappa shape index (κ2) is 6.55. The fourth-order valence-electron chi connectivity index (χ4n) is 2.97. The first-order valence-corrected chi connectivity index (χ1v) is 7.86. The number of anilines is 2. The number of carbonyl (C=O) groups is 2. The zero-order valence-electron chi connectivity index (χ0n) is 13.1. The van der Waals surface area contributed by atoms with Crippen LogP contribution in [-0.4, -0.2) is 56.3 Å². The molecule has 1 saturated heterocycles. The normalized spacial score (nSPS) is 23.9. The Bertz CT molecular complexity index is 619. The Kier molecular flexibility index (Phi) is 4.49. The maximum atomic E-state index is 12.3. The average molecular weight is 318 g/mol. The van der Waals surface area contributed by atoms with Gasteiger partial charge in [-0.15, -0.1) is 0 Å². The Morgan fingerprint density at radius 3 is 3.00 bits per heavy atom. The van der Waals surface area contributed by atoms with E-state index in [1.807, 2.05) is 18.0 Å². The molecule has 1 aromatic rings. The van der Waals surface area contributed by atoms with Crippen LogP contribution in [0.1, 0.15) is 16.8 Å². The first-order chi connectivity index (χ1) is 11.0. The van der Waals surface area contributed by atoms with Crippen LogP contribution in [0.25, 0.3) is 0 Å². The molecular formula is C16H22N4O3. The largest absolute Gasteiger partial charge is 0.391 e. The molecule has 2 unspecified atom stereocenters. The summed E-state index contributed by atoms with van der Waals surface area (Å²) in [4.78, 5) is 26.0. The Balaban J connectivity index is 1.70. The number of nitrogens with one attached hydrogen (secondary N) is 3. The van der Waals surface area contributed by atoms with Crippen molar-refractivity contribution in [3.05, 3.63) is 23.8 Å². The standard InChI is InChI=1S/C16H22N4O3/c1-20-5-4-15(22)19-12-6-10(2-3-13(12)20)16(23)18-8-11-7-17-9-14(11)21/h2-3,6,11,14,17,21H,4-5,7-9H2,1H3,(H,18,23)(H,19,22). The molecule has 2 amide bonds. The van der Waals surface area contributed by atoms with E-state index in [9.17, 15) is 14.7 Å². The molecule has 7 nitrogen and oxygen atoms in total. The molecule has 0 aliphatic carbocycles. The molecular weight excluding hydrogens is 296 g/mol. The summed E-state index contributed by atoms with van der Waals surface area (Å²) in [5.74, 6) is -0.216. The lowest BCUT2D eigenvalue weighted by atomic mass is 10.1. The van der Waals surface area contributed by atoms with E-state index in [2.05, 4.69) is 16.0 Å². The van der Waals surface area contributed by atoms with Gasteiger partial charge in [0.2, 0.25) is 5.91 Å². The number of rotatable bonds is 3. The minimum absolute atomic E-state index is 0.0330. The summed E-state index contributed by atoms with van der Waals surface area (Å²) < 4.78 is 0. The SMILES string of the molecule is CN1CCC(=O)Nc2cc(C(=O)NCC3CNCC3O)ccc21. The maximum Gasteiger partial charge on any atom is 0.251 e. The van der Waals surface area contributed by atoms with Crippen molar-refractivity contribution >= 4 is 23.2 Å². The van der Waals surface area contributed by atoms with E-state index in [0.29, 0.717) is 43.9 Å².